The van der Waals surface area contributed by atoms with Gasteiger partial charge >= 0.3 is 6.03 Å². The van der Waals surface area contributed by atoms with Crippen LogP contribution in [-0.4, -0.2) is 46.1 Å². The summed E-state index contributed by atoms with van der Waals surface area (Å²) >= 11 is 0. The van der Waals surface area contributed by atoms with Crippen LogP contribution in [0.1, 0.15) is 18.1 Å². The Kier molecular flexibility index (Phi) is 8.05. The van der Waals surface area contributed by atoms with E-state index in [1.807, 2.05) is 4.72 Å². The number of rotatable bonds is 8. The summed E-state index contributed by atoms with van der Waals surface area (Å²) in [7, 11) is -2.65. The highest BCUT2D eigenvalue weighted by atomic mass is 32.2. The third-order valence-electron chi connectivity index (χ3n) is 6.00. The maximum atomic E-state index is 13.6. The topological polar surface area (TPSA) is 143 Å². The SMILES string of the molecule is CC(=O)Nc1ccc(CC(NC(=O)NS(=O)(=O)c2ccccc2C)C(=O)N(C)c2ccc3c(c2)OCO3)cc1. The molecule has 4 rings (SSSR count). The number of fused-ring (bicyclic) bond motifs is 1. The van der Waals surface area contributed by atoms with Gasteiger partial charge in [-0.1, -0.05) is 30.3 Å². The predicted octanol–water partition coefficient (Wildman–Crippen LogP) is 2.94. The summed E-state index contributed by atoms with van der Waals surface area (Å²) in [5.41, 5.74) is 2.20. The van der Waals surface area contributed by atoms with Crippen molar-refractivity contribution in [3.63, 3.8) is 0 Å². The van der Waals surface area contributed by atoms with Crippen LogP contribution in [0.5, 0.6) is 11.5 Å². The van der Waals surface area contributed by atoms with E-state index in [0.29, 0.717) is 34.0 Å². The highest BCUT2D eigenvalue weighted by Crippen LogP contribution is 2.35. The number of hydrogen-bond donors (Lipinski definition) is 3. The average molecular weight is 553 g/mol. The molecule has 1 unspecified atom stereocenters. The quantitative estimate of drug-likeness (QED) is 0.390. The fourth-order valence-electron chi connectivity index (χ4n) is 4.04. The van der Waals surface area contributed by atoms with Gasteiger partial charge in [0.25, 0.3) is 10.0 Å². The lowest BCUT2D eigenvalue weighted by molar-refractivity contribution is -0.120. The molecule has 0 fully saturated rings. The predicted molar refractivity (Wildman–Crippen MR) is 144 cm³/mol. The average Bonchev–Trinajstić information content (AvgIpc) is 3.36. The fraction of sp³-hybridized carbons (Fsp3) is 0.222. The summed E-state index contributed by atoms with van der Waals surface area (Å²) in [6.45, 7) is 3.08. The monoisotopic (exact) mass is 552 g/mol. The molecule has 1 aliphatic rings. The molecule has 0 aliphatic carbocycles. The van der Waals surface area contributed by atoms with Gasteiger partial charge in [0.2, 0.25) is 18.6 Å². The van der Waals surface area contributed by atoms with Crippen molar-refractivity contribution in [3.05, 3.63) is 77.9 Å². The minimum absolute atomic E-state index is 0.0472. The van der Waals surface area contributed by atoms with Crippen LogP contribution in [0, 0.1) is 6.92 Å². The Morgan fingerprint density at radius 3 is 2.36 bits per heavy atom. The number of ether oxygens (including phenoxy) is 2. The summed E-state index contributed by atoms with van der Waals surface area (Å²) < 4.78 is 38.4. The van der Waals surface area contributed by atoms with Gasteiger partial charge in [0.05, 0.1) is 4.90 Å². The van der Waals surface area contributed by atoms with Crippen molar-refractivity contribution >= 4 is 39.2 Å². The second-order valence-electron chi connectivity index (χ2n) is 8.91. The summed E-state index contributed by atoms with van der Waals surface area (Å²) in [6, 6.07) is 15.8. The highest BCUT2D eigenvalue weighted by Gasteiger charge is 2.28. The van der Waals surface area contributed by atoms with Gasteiger partial charge in [-0.05, 0) is 48.4 Å². The summed E-state index contributed by atoms with van der Waals surface area (Å²) in [5, 5.41) is 5.18. The largest absolute Gasteiger partial charge is 0.454 e. The number of amides is 4. The molecule has 0 radical (unpaired) electrons. The molecule has 0 bridgehead atoms. The van der Waals surface area contributed by atoms with Crippen LogP contribution in [-0.2, 0) is 26.0 Å². The van der Waals surface area contributed by atoms with Gasteiger partial charge < -0.3 is 25.0 Å². The lowest BCUT2D eigenvalue weighted by atomic mass is 10.0. The minimum atomic E-state index is -4.19. The number of hydrogen-bond acceptors (Lipinski definition) is 7. The first-order valence-electron chi connectivity index (χ1n) is 12.0. The molecular weight excluding hydrogens is 524 g/mol. The molecule has 3 aromatic rings. The second kappa shape index (κ2) is 11.4. The molecule has 1 atom stereocenters. The van der Waals surface area contributed by atoms with Gasteiger partial charge in [-0.15, -0.1) is 0 Å². The first-order valence-corrected chi connectivity index (χ1v) is 13.4. The van der Waals surface area contributed by atoms with Crippen LogP contribution in [0.4, 0.5) is 16.2 Å². The molecule has 39 heavy (non-hydrogen) atoms. The maximum Gasteiger partial charge on any atom is 0.329 e. The number of carbonyl (C=O) groups excluding carboxylic acids is 3. The Bertz CT molecular complexity index is 1510. The summed E-state index contributed by atoms with van der Waals surface area (Å²) in [5.74, 6) is 0.305. The summed E-state index contributed by atoms with van der Waals surface area (Å²) in [4.78, 5) is 39.1. The van der Waals surface area contributed by atoms with Crippen LogP contribution in [0.25, 0.3) is 0 Å². The van der Waals surface area contributed by atoms with E-state index < -0.39 is 28.0 Å². The Labute approximate surface area is 226 Å². The van der Waals surface area contributed by atoms with E-state index in [1.165, 1.54) is 24.9 Å². The molecule has 3 aromatic carbocycles. The number of benzene rings is 3. The first kappa shape index (κ1) is 27.5. The molecule has 0 aromatic heterocycles. The second-order valence-corrected chi connectivity index (χ2v) is 10.6. The van der Waals surface area contributed by atoms with Gasteiger partial charge in [0.1, 0.15) is 6.04 Å². The molecule has 0 saturated carbocycles. The molecule has 1 heterocycles. The third kappa shape index (κ3) is 6.65. The van der Waals surface area contributed by atoms with Crippen molar-refractivity contribution in [1.29, 1.82) is 0 Å². The molecule has 0 spiro atoms. The van der Waals surface area contributed by atoms with Gasteiger partial charge in [0, 0.05) is 37.8 Å². The number of nitrogens with one attached hydrogen (secondary N) is 3. The maximum absolute atomic E-state index is 13.6. The van der Waals surface area contributed by atoms with Crippen molar-refractivity contribution < 1.29 is 32.3 Å². The summed E-state index contributed by atoms with van der Waals surface area (Å²) in [6.07, 6.45) is 0.0475. The lowest BCUT2D eigenvalue weighted by Crippen LogP contribution is -2.52. The molecule has 11 nitrogen and oxygen atoms in total. The third-order valence-corrected chi connectivity index (χ3v) is 7.49. The van der Waals surface area contributed by atoms with Gasteiger partial charge in [-0.25, -0.2) is 17.9 Å². The highest BCUT2D eigenvalue weighted by molar-refractivity contribution is 7.90. The standard InChI is InChI=1S/C27H28N4O7S/c1-17-6-4-5-7-25(17)39(35,36)30-27(34)29-22(14-19-8-10-20(11-9-19)28-18(2)32)26(33)31(3)21-12-13-23-24(15-21)38-16-37-23/h4-13,15,22H,14,16H2,1-3H3,(H,28,32)(H2,29,30,34). The molecule has 1 aliphatic heterocycles. The smallest absolute Gasteiger partial charge is 0.329 e. The zero-order valence-corrected chi connectivity index (χ0v) is 22.4. The van der Waals surface area contributed by atoms with Crippen molar-refractivity contribution in [2.45, 2.75) is 31.2 Å². The van der Waals surface area contributed by atoms with Gasteiger partial charge in [-0.2, -0.15) is 0 Å². The number of anilines is 2. The Hall–Kier alpha value is -4.58. The van der Waals surface area contributed by atoms with E-state index in [1.54, 1.807) is 67.6 Å². The van der Waals surface area contributed by atoms with Crippen LogP contribution >= 0.6 is 0 Å². The van der Waals surface area contributed by atoms with Crippen molar-refractivity contribution in [2.24, 2.45) is 0 Å². The van der Waals surface area contributed by atoms with Crippen LogP contribution < -0.4 is 29.7 Å². The molecule has 12 heteroatoms. The number of nitrogens with zero attached hydrogens (tertiary/aromatic N) is 1. The first-order chi connectivity index (χ1) is 18.5. The molecule has 3 N–H and O–H groups in total. The van der Waals surface area contributed by atoms with E-state index in [0.717, 1.165) is 0 Å². The Morgan fingerprint density at radius 1 is 0.974 bits per heavy atom. The Morgan fingerprint density at radius 2 is 1.67 bits per heavy atom. The number of carbonyl (C=O) groups is 3. The zero-order chi connectivity index (χ0) is 28.2. The fourth-order valence-corrected chi connectivity index (χ4v) is 5.20. The number of likely N-dealkylation sites (N-methyl/N-ethyl adjacent to an activating group) is 1. The normalized spacial score (nSPS) is 12.8. The van der Waals surface area contributed by atoms with E-state index in [4.69, 9.17) is 9.47 Å². The van der Waals surface area contributed by atoms with Gasteiger partial charge in [0.15, 0.2) is 11.5 Å². The van der Waals surface area contributed by atoms with Crippen LogP contribution in [0.3, 0.4) is 0 Å². The van der Waals surface area contributed by atoms with Crippen LogP contribution in [0.15, 0.2) is 71.6 Å². The van der Waals surface area contributed by atoms with E-state index in [2.05, 4.69) is 10.6 Å². The molecule has 204 valence electrons. The van der Waals surface area contributed by atoms with Crippen LogP contribution in [0.2, 0.25) is 0 Å². The van der Waals surface area contributed by atoms with E-state index in [9.17, 15) is 22.8 Å². The lowest BCUT2D eigenvalue weighted by Gasteiger charge is -2.25. The van der Waals surface area contributed by atoms with E-state index in [-0.39, 0.29) is 24.0 Å². The van der Waals surface area contributed by atoms with E-state index >= 15 is 0 Å². The number of aryl methyl sites for hydroxylation is 1. The van der Waals surface area contributed by atoms with Crippen molar-refractivity contribution in [1.82, 2.24) is 10.0 Å². The zero-order valence-electron chi connectivity index (χ0n) is 21.6. The number of sulfonamides is 1. The molecule has 4 amide bonds. The van der Waals surface area contributed by atoms with Crippen molar-refractivity contribution in [3.8, 4) is 11.5 Å². The number of urea groups is 1. The Balaban J connectivity index is 1.56. The van der Waals surface area contributed by atoms with Gasteiger partial charge in [-0.3, -0.25) is 9.59 Å². The minimum Gasteiger partial charge on any atom is -0.454 e. The molecular formula is C27H28N4O7S. The van der Waals surface area contributed by atoms with Crippen molar-refractivity contribution in [2.75, 3.05) is 24.1 Å². The molecule has 0 saturated heterocycles.